The van der Waals surface area contributed by atoms with Gasteiger partial charge in [0.05, 0.1) is 12.0 Å². The highest BCUT2D eigenvalue weighted by atomic mass is 32.1. The zero-order valence-corrected chi connectivity index (χ0v) is 17.1. The number of amides is 2. The molecule has 2 aliphatic rings. The number of carbonyl (C=O) groups is 2. The predicted octanol–water partition coefficient (Wildman–Crippen LogP) is 2.62. The van der Waals surface area contributed by atoms with E-state index in [9.17, 15) is 9.59 Å². The van der Waals surface area contributed by atoms with Crippen molar-refractivity contribution in [3.63, 3.8) is 0 Å². The molecule has 3 heterocycles. The molecule has 1 fully saturated rings. The Morgan fingerprint density at radius 2 is 1.71 bits per heavy atom. The molecular formula is C21H25N3O3S. The summed E-state index contributed by atoms with van der Waals surface area (Å²) in [5.41, 5.74) is 2.29. The van der Waals surface area contributed by atoms with Crippen molar-refractivity contribution in [3.8, 4) is 5.75 Å². The van der Waals surface area contributed by atoms with Crippen molar-refractivity contribution in [1.82, 2.24) is 9.80 Å². The van der Waals surface area contributed by atoms with Crippen LogP contribution < -0.4 is 9.64 Å². The summed E-state index contributed by atoms with van der Waals surface area (Å²) in [6.45, 7) is 6.05. The maximum atomic E-state index is 13.0. The third-order valence-electron chi connectivity index (χ3n) is 5.53. The minimum absolute atomic E-state index is 0.0966. The first kappa shape index (κ1) is 18.8. The summed E-state index contributed by atoms with van der Waals surface area (Å²) >= 11 is 1.60. The van der Waals surface area contributed by atoms with Crippen LogP contribution in [-0.4, -0.2) is 61.4 Å². The summed E-state index contributed by atoms with van der Waals surface area (Å²) < 4.78 is 5.22. The van der Waals surface area contributed by atoms with Gasteiger partial charge in [0.15, 0.2) is 0 Å². The monoisotopic (exact) mass is 399 g/mol. The van der Waals surface area contributed by atoms with Crippen LogP contribution in [0.25, 0.3) is 0 Å². The highest BCUT2D eigenvalue weighted by molar-refractivity contribution is 7.14. The number of thiophene rings is 1. The first-order valence-electron chi connectivity index (χ1n) is 9.60. The molecule has 148 valence electrons. The van der Waals surface area contributed by atoms with Crippen molar-refractivity contribution >= 4 is 28.8 Å². The van der Waals surface area contributed by atoms with Crippen LogP contribution in [0, 0.1) is 0 Å². The lowest BCUT2D eigenvalue weighted by Crippen LogP contribution is -2.48. The van der Waals surface area contributed by atoms with E-state index >= 15 is 0 Å². The molecule has 0 bridgehead atoms. The predicted molar refractivity (Wildman–Crippen MR) is 110 cm³/mol. The second-order valence-electron chi connectivity index (χ2n) is 7.23. The molecule has 2 aromatic rings. The molecule has 0 radical (unpaired) electrons. The second-order valence-corrected chi connectivity index (χ2v) is 8.36. The molecule has 0 aliphatic carbocycles. The van der Waals surface area contributed by atoms with Crippen molar-refractivity contribution < 1.29 is 14.3 Å². The van der Waals surface area contributed by atoms with Crippen molar-refractivity contribution in [2.24, 2.45) is 0 Å². The first-order chi connectivity index (χ1) is 13.5. The van der Waals surface area contributed by atoms with Gasteiger partial charge < -0.3 is 19.4 Å². The fourth-order valence-corrected chi connectivity index (χ4v) is 4.95. The van der Waals surface area contributed by atoms with E-state index in [0.717, 1.165) is 47.9 Å². The van der Waals surface area contributed by atoms with Crippen molar-refractivity contribution in [1.29, 1.82) is 0 Å². The fraction of sp³-hybridized carbons (Fsp3) is 0.429. The molecule has 28 heavy (non-hydrogen) atoms. The van der Waals surface area contributed by atoms with Crippen molar-refractivity contribution in [3.05, 3.63) is 45.6 Å². The van der Waals surface area contributed by atoms with Gasteiger partial charge in [-0.3, -0.25) is 9.59 Å². The highest BCUT2D eigenvalue weighted by Crippen LogP contribution is 2.29. The molecule has 2 aliphatic heterocycles. The topological polar surface area (TPSA) is 53.1 Å². The van der Waals surface area contributed by atoms with Gasteiger partial charge in [0, 0.05) is 56.8 Å². The molecular weight excluding hydrogens is 374 g/mol. The summed E-state index contributed by atoms with van der Waals surface area (Å²) in [6.07, 6.45) is 0.845. The smallest absolute Gasteiger partial charge is 0.264 e. The molecule has 1 saturated heterocycles. The van der Waals surface area contributed by atoms with E-state index in [-0.39, 0.29) is 11.8 Å². The van der Waals surface area contributed by atoms with Crippen LogP contribution in [0.15, 0.2) is 30.3 Å². The Hall–Kier alpha value is -2.54. The molecule has 0 saturated carbocycles. The van der Waals surface area contributed by atoms with Crippen LogP contribution in [0.5, 0.6) is 5.75 Å². The number of methoxy groups -OCH3 is 1. The number of benzene rings is 1. The lowest BCUT2D eigenvalue weighted by molar-refractivity contribution is -0.129. The lowest BCUT2D eigenvalue weighted by Gasteiger charge is -2.36. The molecule has 0 N–H and O–H groups in total. The van der Waals surface area contributed by atoms with E-state index in [4.69, 9.17) is 4.74 Å². The van der Waals surface area contributed by atoms with Crippen molar-refractivity contribution in [2.45, 2.75) is 19.9 Å². The van der Waals surface area contributed by atoms with Crippen LogP contribution in [0.3, 0.4) is 0 Å². The van der Waals surface area contributed by atoms with Crippen LogP contribution in [0.2, 0.25) is 0 Å². The van der Waals surface area contributed by atoms with Gasteiger partial charge in [-0.25, -0.2) is 0 Å². The number of nitrogens with zero attached hydrogens (tertiary/aromatic N) is 3. The van der Waals surface area contributed by atoms with E-state index in [1.807, 2.05) is 28.0 Å². The van der Waals surface area contributed by atoms with Gasteiger partial charge in [0.1, 0.15) is 5.75 Å². The number of anilines is 1. The van der Waals surface area contributed by atoms with Crippen LogP contribution in [0.4, 0.5) is 5.69 Å². The fourth-order valence-electron chi connectivity index (χ4n) is 3.82. The SMILES string of the molecule is COc1ccc(N2CCN(C(=O)c3cc4c(s3)CCN(C(C)=O)C4)CC2)cc1. The minimum atomic E-state index is 0.0966. The molecule has 4 rings (SSSR count). The molecule has 6 nitrogen and oxygen atoms in total. The second kappa shape index (κ2) is 7.83. The largest absolute Gasteiger partial charge is 0.497 e. The van der Waals surface area contributed by atoms with Gasteiger partial charge in [0.2, 0.25) is 5.91 Å². The molecule has 0 spiro atoms. The van der Waals surface area contributed by atoms with Gasteiger partial charge >= 0.3 is 0 Å². The molecule has 1 aromatic heterocycles. The van der Waals surface area contributed by atoms with E-state index in [2.05, 4.69) is 17.0 Å². The maximum Gasteiger partial charge on any atom is 0.264 e. The number of ether oxygens (including phenoxy) is 1. The van der Waals surface area contributed by atoms with Gasteiger partial charge in [0.25, 0.3) is 5.91 Å². The van der Waals surface area contributed by atoms with Crippen LogP contribution >= 0.6 is 11.3 Å². The normalized spacial score (nSPS) is 16.7. The average molecular weight is 400 g/mol. The molecule has 7 heteroatoms. The van der Waals surface area contributed by atoms with E-state index in [1.165, 1.54) is 4.88 Å². The zero-order valence-electron chi connectivity index (χ0n) is 16.3. The van der Waals surface area contributed by atoms with Crippen LogP contribution in [0.1, 0.15) is 27.0 Å². The summed E-state index contributed by atoms with van der Waals surface area (Å²) in [4.78, 5) is 32.7. The summed E-state index contributed by atoms with van der Waals surface area (Å²) in [5.74, 6) is 1.06. The van der Waals surface area contributed by atoms with Gasteiger partial charge in [-0.15, -0.1) is 11.3 Å². The highest BCUT2D eigenvalue weighted by Gasteiger charge is 2.27. The Morgan fingerprint density at radius 3 is 2.36 bits per heavy atom. The van der Waals surface area contributed by atoms with Gasteiger partial charge in [-0.1, -0.05) is 0 Å². The number of carbonyl (C=O) groups excluding carboxylic acids is 2. The van der Waals surface area contributed by atoms with E-state index in [1.54, 1.807) is 25.4 Å². The minimum Gasteiger partial charge on any atom is -0.497 e. The first-order valence-corrected chi connectivity index (χ1v) is 10.4. The Balaban J connectivity index is 1.38. The summed E-state index contributed by atoms with van der Waals surface area (Å²) in [5, 5.41) is 0. The number of piperazine rings is 1. The number of rotatable bonds is 3. The Morgan fingerprint density at radius 1 is 1.00 bits per heavy atom. The summed E-state index contributed by atoms with van der Waals surface area (Å²) in [7, 11) is 1.67. The third kappa shape index (κ3) is 3.71. The molecule has 0 atom stereocenters. The van der Waals surface area contributed by atoms with E-state index in [0.29, 0.717) is 19.6 Å². The van der Waals surface area contributed by atoms with Gasteiger partial charge in [-0.2, -0.15) is 0 Å². The quantitative estimate of drug-likeness (QED) is 0.796. The third-order valence-corrected chi connectivity index (χ3v) is 6.75. The molecule has 0 unspecified atom stereocenters. The molecule has 1 aromatic carbocycles. The number of fused-ring (bicyclic) bond motifs is 1. The number of hydrogen-bond donors (Lipinski definition) is 0. The Kier molecular flexibility index (Phi) is 5.26. The zero-order chi connectivity index (χ0) is 19.7. The van der Waals surface area contributed by atoms with Gasteiger partial charge in [-0.05, 0) is 42.3 Å². The standard InChI is InChI=1S/C21H25N3O3S/c1-15(25)24-8-7-19-16(14-24)13-20(28-19)21(26)23-11-9-22(10-12-23)17-3-5-18(27-2)6-4-17/h3-6,13H,7-12,14H2,1-2H3. The lowest BCUT2D eigenvalue weighted by atomic mass is 10.1. The summed E-state index contributed by atoms with van der Waals surface area (Å²) in [6, 6.07) is 10.0. The molecule has 2 amide bonds. The number of hydrogen-bond acceptors (Lipinski definition) is 5. The van der Waals surface area contributed by atoms with Crippen LogP contribution in [-0.2, 0) is 17.8 Å². The average Bonchev–Trinajstić information content (AvgIpc) is 3.17. The Bertz CT molecular complexity index is 870. The van der Waals surface area contributed by atoms with Crippen molar-refractivity contribution in [2.75, 3.05) is 44.7 Å². The van der Waals surface area contributed by atoms with E-state index < -0.39 is 0 Å². The Labute approximate surface area is 169 Å². The maximum absolute atomic E-state index is 13.0.